The number of ether oxygens (including phenoxy) is 1. The van der Waals surface area contributed by atoms with Crippen LogP contribution in [0.1, 0.15) is 26.0 Å². The Morgan fingerprint density at radius 3 is 2.71 bits per heavy atom. The minimum atomic E-state index is -0.467. The number of rotatable bonds is 5. The Kier molecular flexibility index (Phi) is 4.01. The largest absolute Gasteiger partial charge is 0.476 e. The van der Waals surface area contributed by atoms with E-state index in [1.54, 1.807) is 6.92 Å². The van der Waals surface area contributed by atoms with E-state index < -0.39 is 10.5 Å². The second-order valence-electron chi connectivity index (χ2n) is 4.31. The molecule has 0 saturated carbocycles. The molecule has 0 bridgehead atoms. The van der Waals surface area contributed by atoms with Crippen molar-refractivity contribution in [2.24, 2.45) is 5.73 Å². The van der Waals surface area contributed by atoms with Crippen LogP contribution in [-0.2, 0) is 0 Å². The average Bonchev–Trinajstić information content (AvgIpc) is 2.26. The van der Waals surface area contributed by atoms with E-state index in [0.29, 0.717) is 18.2 Å². The molecule has 1 rings (SSSR count). The summed E-state index contributed by atoms with van der Waals surface area (Å²) in [7, 11) is 0. The predicted octanol–water partition coefficient (Wildman–Crippen LogP) is 1.80. The van der Waals surface area contributed by atoms with Gasteiger partial charge in [0.1, 0.15) is 12.3 Å². The first kappa shape index (κ1) is 13.4. The van der Waals surface area contributed by atoms with E-state index in [-0.39, 0.29) is 5.69 Å². The summed E-state index contributed by atoms with van der Waals surface area (Å²) in [6.07, 6.45) is 0.777. The van der Waals surface area contributed by atoms with Crippen molar-refractivity contribution in [1.29, 1.82) is 0 Å². The monoisotopic (exact) mass is 239 g/mol. The lowest BCUT2D eigenvalue weighted by Crippen LogP contribution is -2.41. The second kappa shape index (κ2) is 5.09. The Morgan fingerprint density at radius 2 is 2.24 bits per heavy atom. The maximum absolute atomic E-state index is 10.6. The number of nitrogens with zero attached hydrogens (tertiary/aromatic N) is 2. The Morgan fingerprint density at radius 1 is 1.59 bits per heavy atom. The summed E-state index contributed by atoms with van der Waals surface area (Å²) in [5, 5.41) is 10.6. The molecule has 0 fully saturated rings. The van der Waals surface area contributed by atoms with Crippen molar-refractivity contribution < 1.29 is 9.66 Å². The molecular weight excluding hydrogens is 222 g/mol. The highest BCUT2D eigenvalue weighted by Gasteiger charge is 2.18. The third-order valence-electron chi connectivity index (χ3n) is 2.59. The first-order chi connectivity index (χ1) is 7.85. The zero-order valence-corrected chi connectivity index (χ0v) is 10.3. The first-order valence-corrected chi connectivity index (χ1v) is 5.39. The molecular formula is C11H17N3O3. The van der Waals surface area contributed by atoms with E-state index in [1.807, 2.05) is 13.8 Å². The molecule has 6 heteroatoms. The first-order valence-electron chi connectivity index (χ1n) is 5.39. The lowest BCUT2D eigenvalue weighted by atomic mass is 10.0. The van der Waals surface area contributed by atoms with Crippen LogP contribution in [0.5, 0.6) is 5.88 Å². The van der Waals surface area contributed by atoms with Crippen LogP contribution >= 0.6 is 0 Å². The molecule has 0 aromatic carbocycles. The number of hydrogen-bond donors (Lipinski definition) is 1. The number of aryl methyl sites for hydroxylation is 1. The van der Waals surface area contributed by atoms with E-state index in [2.05, 4.69) is 4.98 Å². The molecule has 1 aromatic rings. The summed E-state index contributed by atoms with van der Waals surface area (Å²) in [5.74, 6) is 0.359. The Bertz CT molecular complexity index is 418. The van der Waals surface area contributed by atoms with Gasteiger partial charge in [-0.2, -0.15) is 0 Å². The van der Waals surface area contributed by atoms with Crippen LogP contribution in [0.15, 0.2) is 12.1 Å². The van der Waals surface area contributed by atoms with Gasteiger partial charge in [-0.15, -0.1) is 0 Å². The van der Waals surface area contributed by atoms with Crippen molar-refractivity contribution in [3.05, 3.63) is 27.9 Å². The molecule has 1 atom stereocenters. The fourth-order valence-corrected chi connectivity index (χ4v) is 1.14. The number of pyridine rings is 1. The molecule has 0 aliphatic carbocycles. The smallest absolute Gasteiger partial charge is 0.290 e. The molecule has 17 heavy (non-hydrogen) atoms. The predicted molar refractivity (Wildman–Crippen MR) is 64.0 cm³/mol. The number of aromatic nitrogens is 1. The minimum Gasteiger partial charge on any atom is -0.476 e. The summed E-state index contributed by atoms with van der Waals surface area (Å²) >= 11 is 0. The van der Waals surface area contributed by atoms with Gasteiger partial charge in [-0.05, 0) is 20.3 Å². The van der Waals surface area contributed by atoms with Gasteiger partial charge in [-0.1, -0.05) is 6.92 Å². The normalized spacial score (nSPS) is 14.1. The van der Waals surface area contributed by atoms with Crippen LogP contribution < -0.4 is 10.5 Å². The van der Waals surface area contributed by atoms with Crippen molar-refractivity contribution in [2.45, 2.75) is 32.7 Å². The summed E-state index contributed by atoms with van der Waals surface area (Å²) < 4.78 is 5.42. The van der Waals surface area contributed by atoms with E-state index in [0.717, 1.165) is 6.42 Å². The van der Waals surface area contributed by atoms with E-state index in [9.17, 15) is 10.1 Å². The van der Waals surface area contributed by atoms with E-state index >= 15 is 0 Å². The van der Waals surface area contributed by atoms with Crippen molar-refractivity contribution in [3.8, 4) is 5.88 Å². The molecule has 0 amide bonds. The van der Waals surface area contributed by atoms with E-state index in [4.69, 9.17) is 10.5 Å². The van der Waals surface area contributed by atoms with Gasteiger partial charge < -0.3 is 10.5 Å². The van der Waals surface area contributed by atoms with Crippen LogP contribution in [0, 0.1) is 17.0 Å². The Hall–Kier alpha value is -1.69. The molecule has 94 valence electrons. The fourth-order valence-electron chi connectivity index (χ4n) is 1.14. The molecule has 1 heterocycles. The topological polar surface area (TPSA) is 91.3 Å². The van der Waals surface area contributed by atoms with Crippen LogP contribution in [0.25, 0.3) is 0 Å². The zero-order chi connectivity index (χ0) is 13.1. The summed E-state index contributed by atoms with van der Waals surface area (Å²) in [6, 6.07) is 2.87. The van der Waals surface area contributed by atoms with Crippen molar-refractivity contribution in [1.82, 2.24) is 4.98 Å². The molecule has 0 aliphatic rings. The van der Waals surface area contributed by atoms with Crippen molar-refractivity contribution in [2.75, 3.05) is 6.61 Å². The molecule has 1 unspecified atom stereocenters. The van der Waals surface area contributed by atoms with Crippen LogP contribution in [0.4, 0.5) is 5.69 Å². The Balaban J connectivity index is 2.75. The molecule has 0 radical (unpaired) electrons. The maximum atomic E-state index is 10.6. The highest BCUT2D eigenvalue weighted by molar-refractivity contribution is 5.36. The standard InChI is InChI=1S/C11H17N3O3/c1-4-11(3,12)7-17-10-6-5-9(14(15)16)8(2)13-10/h5-6H,4,7,12H2,1-3H3. The lowest BCUT2D eigenvalue weighted by molar-refractivity contribution is -0.385. The fraction of sp³-hybridized carbons (Fsp3) is 0.545. The van der Waals surface area contributed by atoms with Gasteiger partial charge in [0, 0.05) is 17.7 Å². The molecule has 0 aliphatic heterocycles. The summed E-state index contributed by atoms with van der Waals surface area (Å²) in [5.41, 5.74) is 5.82. The van der Waals surface area contributed by atoms with Gasteiger partial charge >= 0.3 is 0 Å². The van der Waals surface area contributed by atoms with Gasteiger partial charge in [0.2, 0.25) is 5.88 Å². The quantitative estimate of drug-likeness (QED) is 0.625. The Labute approximate surface area is 99.9 Å². The molecule has 6 nitrogen and oxygen atoms in total. The molecule has 2 N–H and O–H groups in total. The van der Waals surface area contributed by atoms with Crippen molar-refractivity contribution in [3.63, 3.8) is 0 Å². The van der Waals surface area contributed by atoms with Gasteiger partial charge in [-0.25, -0.2) is 4.98 Å². The van der Waals surface area contributed by atoms with Crippen LogP contribution in [0.3, 0.4) is 0 Å². The average molecular weight is 239 g/mol. The summed E-state index contributed by atoms with van der Waals surface area (Å²) in [6.45, 7) is 5.75. The maximum Gasteiger partial charge on any atom is 0.290 e. The van der Waals surface area contributed by atoms with Gasteiger partial charge in [0.25, 0.3) is 5.69 Å². The third kappa shape index (κ3) is 3.67. The van der Waals surface area contributed by atoms with Crippen LogP contribution in [-0.4, -0.2) is 22.1 Å². The highest BCUT2D eigenvalue weighted by atomic mass is 16.6. The number of nitro groups is 1. The van der Waals surface area contributed by atoms with Gasteiger partial charge in [-0.3, -0.25) is 10.1 Å². The van der Waals surface area contributed by atoms with Crippen LogP contribution in [0.2, 0.25) is 0 Å². The lowest BCUT2D eigenvalue weighted by Gasteiger charge is -2.22. The van der Waals surface area contributed by atoms with Gasteiger partial charge in [0.05, 0.1) is 4.92 Å². The molecule has 0 spiro atoms. The minimum absolute atomic E-state index is 0.0108. The van der Waals surface area contributed by atoms with Gasteiger partial charge in [0.15, 0.2) is 0 Å². The molecule has 0 saturated heterocycles. The summed E-state index contributed by atoms with van der Waals surface area (Å²) in [4.78, 5) is 14.1. The highest BCUT2D eigenvalue weighted by Crippen LogP contribution is 2.19. The SMILES string of the molecule is CCC(C)(N)COc1ccc([N+](=O)[O-])c(C)n1. The second-order valence-corrected chi connectivity index (χ2v) is 4.31. The number of nitrogens with two attached hydrogens (primary N) is 1. The molecule has 1 aromatic heterocycles. The van der Waals surface area contributed by atoms with Crippen molar-refractivity contribution >= 4 is 5.69 Å². The third-order valence-corrected chi connectivity index (χ3v) is 2.59. The number of hydrogen-bond acceptors (Lipinski definition) is 5. The van der Waals surface area contributed by atoms with E-state index in [1.165, 1.54) is 12.1 Å². The zero-order valence-electron chi connectivity index (χ0n) is 10.3.